The van der Waals surface area contributed by atoms with Crippen molar-refractivity contribution in [3.05, 3.63) is 38.9 Å². The van der Waals surface area contributed by atoms with Crippen LogP contribution < -0.4 is 16.0 Å². The molecule has 212 valence electrons. The van der Waals surface area contributed by atoms with Crippen molar-refractivity contribution in [3.8, 4) is 0 Å². The summed E-state index contributed by atoms with van der Waals surface area (Å²) in [6.07, 6.45) is 2.62. The normalized spacial score (nSPS) is 21.7. The number of amides is 4. The highest BCUT2D eigenvalue weighted by atomic mass is 35.5. The van der Waals surface area contributed by atoms with Crippen molar-refractivity contribution in [1.82, 2.24) is 30.4 Å². The predicted octanol–water partition coefficient (Wildman–Crippen LogP) is 2.40. The van der Waals surface area contributed by atoms with Crippen LogP contribution in [0.2, 0.25) is 5.02 Å². The number of carbonyl (C=O) groups is 4. The van der Waals surface area contributed by atoms with Crippen molar-refractivity contribution in [1.29, 1.82) is 0 Å². The first-order chi connectivity index (χ1) is 17.9. The van der Waals surface area contributed by atoms with Crippen molar-refractivity contribution in [2.24, 2.45) is 5.92 Å². The lowest BCUT2D eigenvalue weighted by Gasteiger charge is -2.37. The van der Waals surface area contributed by atoms with Gasteiger partial charge in [-0.3, -0.25) is 24.1 Å². The number of halogens is 2. The molecule has 1 aliphatic carbocycles. The number of thiazole rings is 1. The maximum atomic E-state index is 13.3. The summed E-state index contributed by atoms with van der Waals surface area (Å²) in [5.41, 5.74) is 0.609. The van der Waals surface area contributed by atoms with Crippen LogP contribution in [0.4, 0.5) is 5.82 Å². The lowest BCUT2D eigenvalue weighted by molar-refractivity contribution is -0.137. The molecule has 11 nitrogen and oxygen atoms in total. The van der Waals surface area contributed by atoms with E-state index in [9.17, 15) is 19.2 Å². The minimum absolute atomic E-state index is 0. The maximum Gasteiger partial charge on any atom is 0.314 e. The molecule has 4 amide bonds. The second-order valence-corrected chi connectivity index (χ2v) is 11.9. The average Bonchev–Trinajstić information content (AvgIpc) is 3.38. The largest absolute Gasteiger partial charge is 0.349 e. The molecule has 0 radical (unpaired) electrons. The van der Waals surface area contributed by atoms with Gasteiger partial charge in [-0.15, -0.1) is 23.7 Å². The third kappa shape index (κ3) is 6.68. The molecular weight excluding hydrogens is 565 g/mol. The first-order valence-corrected chi connectivity index (χ1v) is 13.5. The number of hydrogen-bond donors (Lipinski definition) is 3. The quantitative estimate of drug-likeness (QED) is 0.450. The summed E-state index contributed by atoms with van der Waals surface area (Å²) in [5, 5.41) is 8.90. The van der Waals surface area contributed by atoms with Gasteiger partial charge >= 0.3 is 11.8 Å². The summed E-state index contributed by atoms with van der Waals surface area (Å²) >= 11 is 7.17. The van der Waals surface area contributed by atoms with E-state index in [4.69, 9.17) is 11.6 Å². The smallest absolute Gasteiger partial charge is 0.314 e. The fraction of sp³-hybridized carbons (Fsp3) is 0.520. The van der Waals surface area contributed by atoms with Crippen molar-refractivity contribution < 1.29 is 19.2 Å². The van der Waals surface area contributed by atoms with E-state index in [0.717, 1.165) is 10.6 Å². The van der Waals surface area contributed by atoms with E-state index in [1.165, 1.54) is 28.5 Å². The molecular formula is C25H33Cl2N7O4S. The van der Waals surface area contributed by atoms with E-state index >= 15 is 0 Å². The molecule has 4 rings (SSSR count). The van der Waals surface area contributed by atoms with Crippen LogP contribution in [0.5, 0.6) is 0 Å². The van der Waals surface area contributed by atoms with Gasteiger partial charge in [-0.1, -0.05) is 11.6 Å². The van der Waals surface area contributed by atoms with Gasteiger partial charge in [0.15, 0.2) is 5.01 Å². The summed E-state index contributed by atoms with van der Waals surface area (Å²) in [4.78, 5) is 64.5. The van der Waals surface area contributed by atoms with Gasteiger partial charge < -0.3 is 20.9 Å². The standard InChI is InChI=1S/C25H32ClN7O4S.ClH/c1-25(2)19-17(12-33(25)5)38-23(31-19)22(36)29-16-10-13(24(37)32(3)4)6-8-15(16)28-20(34)21(35)30-18-9-7-14(26)11-27-18;/h7,9,11,13,15-16H,6,8,10,12H2,1-5H3,(H,28,34)(H,29,36)(H,27,30,35);1H/t13-,15-,16+;/m0./s1. The highest BCUT2D eigenvalue weighted by Crippen LogP contribution is 2.40. The Bertz CT molecular complexity index is 1250. The van der Waals surface area contributed by atoms with Crippen LogP contribution in [0.15, 0.2) is 18.3 Å². The zero-order chi connectivity index (χ0) is 27.8. The SMILES string of the molecule is CN(C)C(=O)[C@H]1CC[C@H](NC(=O)C(=O)Nc2ccc(Cl)cn2)[C@H](NC(=O)c2nc3c(s2)CN(C)C3(C)C)C1.Cl. The molecule has 2 aromatic heterocycles. The minimum Gasteiger partial charge on any atom is -0.349 e. The number of rotatable bonds is 5. The third-order valence-corrected chi connectivity index (χ3v) is 8.52. The summed E-state index contributed by atoms with van der Waals surface area (Å²) in [5.74, 6) is -2.28. The Morgan fingerprint density at radius 3 is 2.44 bits per heavy atom. The van der Waals surface area contributed by atoms with E-state index in [1.807, 2.05) is 7.05 Å². The molecule has 1 fully saturated rings. The Kier molecular flexibility index (Phi) is 9.58. The molecule has 0 aromatic carbocycles. The Hall–Kier alpha value is -2.80. The lowest BCUT2D eigenvalue weighted by atomic mass is 9.81. The molecule has 0 bridgehead atoms. The molecule has 1 aliphatic heterocycles. The fourth-order valence-electron chi connectivity index (χ4n) is 4.81. The molecule has 0 spiro atoms. The number of nitrogens with one attached hydrogen (secondary N) is 3. The Balaban J connectivity index is 0.00000420. The molecule has 14 heteroatoms. The van der Waals surface area contributed by atoms with Crippen molar-refractivity contribution >= 4 is 64.8 Å². The molecule has 39 heavy (non-hydrogen) atoms. The highest BCUT2D eigenvalue weighted by Gasteiger charge is 2.41. The molecule has 3 atom stereocenters. The van der Waals surface area contributed by atoms with Gasteiger partial charge in [-0.05, 0) is 52.3 Å². The molecule has 1 saturated carbocycles. The number of pyridine rings is 1. The van der Waals surface area contributed by atoms with E-state index < -0.39 is 23.9 Å². The van der Waals surface area contributed by atoms with Crippen molar-refractivity contribution in [2.45, 2.75) is 57.3 Å². The average molecular weight is 599 g/mol. The van der Waals surface area contributed by atoms with Gasteiger partial charge in [0, 0.05) is 43.7 Å². The summed E-state index contributed by atoms with van der Waals surface area (Å²) in [7, 11) is 5.40. The second-order valence-electron chi connectivity index (χ2n) is 10.4. The number of nitrogens with zero attached hydrogens (tertiary/aromatic N) is 4. The second kappa shape index (κ2) is 12.2. The molecule has 3 N–H and O–H groups in total. The van der Waals surface area contributed by atoms with Gasteiger partial charge in [0.25, 0.3) is 5.91 Å². The van der Waals surface area contributed by atoms with Gasteiger partial charge in [-0.25, -0.2) is 9.97 Å². The molecule has 0 saturated heterocycles. The van der Waals surface area contributed by atoms with Crippen LogP contribution in [-0.2, 0) is 26.5 Å². The molecule has 0 unspecified atom stereocenters. The van der Waals surface area contributed by atoms with Crippen LogP contribution >= 0.6 is 35.3 Å². The van der Waals surface area contributed by atoms with E-state index in [1.54, 1.807) is 20.2 Å². The molecule has 2 aromatic rings. The van der Waals surface area contributed by atoms with E-state index in [0.29, 0.717) is 35.8 Å². The molecule has 3 heterocycles. The fourth-order valence-corrected chi connectivity index (χ4v) is 6.09. The summed E-state index contributed by atoms with van der Waals surface area (Å²) in [6, 6.07) is 1.92. The van der Waals surface area contributed by atoms with Crippen molar-refractivity contribution in [2.75, 3.05) is 26.5 Å². The number of hydrogen-bond acceptors (Lipinski definition) is 8. The van der Waals surface area contributed by atoms with Crippen LogP contribution in [0.25, 0.3) is 0 Å². The zero-order valence-corrected chi connectivity index (χ0v) is 24.8. The van der Waals surface area contributed by atoms with Crippen molar-refractivity contribution in [3.63, 3.8) is 0 Å². The zero-order valence-electron chi connectivity index (χ0n) is 22.4. The van der Waals surface area contributed by atoms with Crippen LogP contribution in [-0.4, -0.2) is 76.6 Å². The Labute approximate surface area is 242 Å². The number of aromatic nitrogens is 2. The van der Waals surface area contributed by atoms with Gasteiger partial charge in [-0.2, -0.15) is 0 Å². The summed E-state index contributed by atoms with van der Waals surface area (Å²) in [6.45, 7) is 4.84. The monoisotopic (exact) mass is 597 g/mol. The Morgan fingerprint density at radius 2 is 1.82 bits per heavy atom. The first kappa shape index (κ1) is 30.7. The van der Waals surface area contributed by atoms with Gasteiger partial charge in [0.2, 0.25) is 5.91 Å². The van der Waals surface area contributed by atoms with Gasteiger partial charge in [0.1, 0.15) is 5.82 Å². The topological polar surface area (TPSA) is 137 Å². The van der Waals surface area contributed by atoms with Crippen LogP contribution in [0, 0.1) is 5.92 Å². The predicted molar refractivity (Wildman–Crippen MR) is 151 cm³/mol. The highest BCUT2D eigenvalue weighted by molar-refractivity contribution is 7.13. The molecule has 2 aliphatic rings. The summed E-state index contributed by atoms with van der Waals surface area (Å²) < 4.78 is 0. The number of carbonyl (C=O) groups excluding carboxylic acids is 4. The number of anilines is 1. The maximum absolute atomic E-state index is 13.3. The van der Waals surface area contributed by atoms with Crippen LogP contribution in [0.3, 0.4) is 0 Å². The minimum atomic E-state index is -0.890. The van der Waals surface area contributed by atoms with E-state index in [2.05, 4.69) is 44.7 Å². The first-order valence-electron chi connectivity index (χ1n) is 12.3. The van der Waals surface area contributed by atoms with Crippen LogP contribution in [0.1, 0.15) is 53.5 Å². The van der Waals surface area contributed by atoms with Gasteiger partial charge in [0.05, 0.1) is 22.3 Å². The lowest BCUT2D eigenvalue weighted by Crippen LogP contribution is -2.57. The number of fused-ring (bicyclic) bond motifs is 1. The van der Waals surface area contributed by atoms with E-state index in [-0.39, 0.29) is 41.5 Å². The Morgan fingerprint density at radius 1 is 1.10 bits per heavy atom. The third-order valence-electron chi connectivity index (χ3n) is 7.25.